The largest absolute Gasteiger partial charge is 0.314 e. The maximum Gasteiger partial charge on any atom is 0.0409 e. The Morgan fingerprint density at radius 1 is 1.29 bits per heavy atom. The van der Waals surface area contributed by atoms with Gasteiger partial charge in [-0.05, 0) is 56.8 Å². The molecule has 0 radical (unpaired) electrons. The highest BCUT2D eigenvalue weighted by Crippen LogP contribution is 2.40. The minimum Gasteiger partial charge on any atom is -0.314 e. The summed E-state index contributed by atoms with van der Waals surface area (Å²) in [5.41, 5.74) is 1.36. The van der Waals surface area contributed by atoms with E-state index in [1.807, 2.05) is 6.07 Å². The van der Waals surface area contributed by atoms with Gasteiger partial charge in [-0.15, -0.1) is 0 Å². The van der Waals surface area contributed by atoms with Crippen molar-refractivity contribution in [1.29, 1.82) is 0 Å². The molecule has 0 amide bonds. The number of nitrogens with zero attached hydrogens (tertiary/aromatic N) is 1. The number of rotatable bonds is 4. The summed E-state index contributed by atoms with van der Waals surface area (Å²) < 4.78 is 0. The number of benzene rings is 1. The molecule has 3 unspecified atom stereocenters. The van der Waals surface area contributed by atoms with Gasteiger partial charge in [0.1, 0.15) is 0 Å². The summed E-state index contributed by atoms with van der Waals surface area (Å²) in [5, 5.41) is 4.53. The first-order valence-corrected chi connectivity index (χ1v) is 8.83. The highest BCUT2D eigenvalue weighted by molar-refractivity contribution is 6.30. The van der Waals surface area contributed by atoms with Gasteiger partial charge in [-0.2, -0.15) is 0 Å². The van der Waals surface area contributed by atoms with Crippen molar-refractivity contribution < 1.29 is 0 Å². The Morgan fingerprint density at radius 3 is 2.62 bits per heavy atom. The molecule has 0 aliphatic carbocycles. The number of nitrogens with one attached hydrogen (secondary N) is 1. The second-order valence-corrected chi connectivity index (χ2v) is 7.08. The van der Waals surface area contributed by atoms with E-state index in [0.717, 1.165) is 23.7 Å². The molecule has 2 nitrogen and oxygen atoms in total. The Labute approximate surface area is 133 Å². The van der Waals surface area contributed by atoms with Crippen LogP contribution in [-0.2, 0) is 0 Å². The van der Waals surface area contributed by atoms with Crippen LogP contribution in [0.5, 0.6) is 0 Å². The van der Waals surface area contributed by atoms with Crippen molar-refractivity contribution in [2.45, 2.75) is 70.1 Å². The Hall–Kier alpha value is -0.570. The predicted octanol–water partition coefficient (Wildman–Crippen LogP) is 4.40. The second-order valence-electron chi connectivity index (χ2n) is 6.64. The average Bonchev–Trinajstić information content (AvgIpc) is 2.46. The van der Waals surface area contributed by atoms with E-state index in [0.29, 0.717) is 12.1 Å². The first kappa shape index (κ1) is 15.3. The molecule has 0 saturated carbocycles. The molecular weight excluding hydrogens is 280 g/mol. The van der Waals surface area contributed by atoms with Crippen LogP contribution in [0.2, 0.25) is 5.02 Å². The van der Waals surface area contributed by atoms with Crippen LogP contribution in [0.4, 0.5) is 0 Å². The Balaban J connectivity index is 1.78. The van der Waals surface area contributed by atoms with Crippen LogP contribution in [0.15, 0.2) is 24.3 Å². The monoisotopic (exact) mass is 306 g/mol. The van der Waals surface area contributed by atoms with E-state index in [1.165, 1.54) is 37.7 Å². The van der Waals surface area contributed by atoms with Gasteiger partial charge >= 0.3 is 0 Å². The topological polar surface area (TPSA) is 15.3 Å². The molecule has 3 rings (SSSR count). The molecule has 2 aliphatic heterocycles. The molecule has 2 heterocycles. The standard InChI is InChI=1S/C18H27ClN2/c1-3-20-16-11-17-8-5-9-18(12-16)21(17)13(2)14-6-4-7-15(19)10-14/h4,6-7,10,13,16-18,20H,3,5,8-9,11-12H2,1-2H3. The van der Waals surface area contributed by atoms with Crippen LogP contribution in [-0.4, -0.2) is 29.6 Å². The molecule has 21 heavy (non-hydrogen) atoms. The van der Waals surface area contributed by atoms with Crippen molar-refractivity contribution >= 4 is 11.6 Å². The van der Waals surface area contributed by atoms with Crippen molar-refractivity contribution in [2.75, 3.05) is 6.54 Å². The van der Waals surface area contributed by atoms with Crippen LogP contribution >= 0.6 is 11.6 Å². The summed E-state index contributed by atoms with van der Waals surface area (Å²) in [5.74, 6) is 0. The van der Waals surface area contributed by atoms with Crippen molar-refractivity contribution in [2.24, 2.45) is 0 Å². The quantitative estimate of drug-likeness (QED) is 0.887. The normalized spacial score (nSPS) is 31.1. The van der Waals surface area contributed by atoms with E-state index in [4.69, 9.17) is 11.6 Å². The fourth-order valence-corrected chi connectivity index (χ4v) is 4.64. The molecule has 1 aromatic carbocycles. The second kappa shape index (κ2) is 6.68. The Morgan fingerprint density at radius 2 is 2.00 bits per heavy atom. The van der Waals surface area contributed by atoms with Gasteiger partial charge < -0.3 is 5.32 Å². The average molecular weight is 307 g/mol. The lowest BCUT2D eigenvalue weighted by molar-refractivity contribution is -0.00601. The van der Waals surface area contributed by atoms with E-state index in [1.54, 1.807) is 0 Å². The molecule has 116 valence electrons. The van der Waals surface area contributed by atoms with Gasteiger partial charge in [0.25, 0.3) is 0 Å². The van der Waals surface area contributed by atoms with E-state index < -0.39 is 0 Å². The number of hydrogen-bond acceptors (Lipinski definition) is 2. The predicted molar refractivity (Wildman–Crippen MR) is 89.8 cm³/mol. The van der Waals surface area contributed by atoms with E-state index in [2.05, 4.69) is 42.3 Å². The molecule has 2 aliphatic rings. The highest BCUT2D eigenvalue weighted by Gasteiger charge is 2.40. The van der Waals surface area contributed by atoms with Gasteiger partial charge in [0.2, 0.25) is 0 Å². The van der Waals surface area contributed by atoms with Crippen LogP contribution in [0, 0.1) is 0 Å². The molecular formula is C18H27ClN2. The summed E-state index contributed by atoms with van der Waals surface area (Å²) in [6.07, 6.45) is 6.70. The summed E-state index contributed by atoms with van der Waals surface area (Å²) in [6, 6.07) is 11.1. The van der Waals surface area contributed by atoms with Gasteiger partial charge in [-0.25, -0.2) is 0 Å². The maximum absolute atomic E-state index is 6.18. The third-order valence-corrected chi connectivity index (χ3v) is 5.54. The molecule has 0 spiro atoms. The van der Waals surface area contributed by atoms with E-state index in [-0.39, 0.29) is 0 Å². The zero-order chi connectivity index (χ0) is 14.8. The van der Waals surface area contributed by atoms with Gasteiger partial charge in [-0.1, -0.05) is 37.1 Å². The number of piperidine rings is 2. The number of fused-ring (bicyclic) bond motifs is 2. The van der Waals surface area contributed by atoms with E-state index in [9.17, 15) is 0 Å². The molecule has 1 N–H and O–H groups in total. The maximum atomic E-state index is 6.18. The Bertz CT molecular complexity index is 462. The lowest BCUT2D eigenvalue weighted by Gasteiger charge is -2.52. The SMILES string of the molecule is CCNC1CC2CCCC(C1)N2C(C)c1cccc(Cl)c1. The third kappa shape index (κ3) is 3.28. The van der Waals surface area contributed by atoms with Gasteiger partial charge in [0.05, 0.1) is 0 Å². The summed E-state index contributed by atoms with van der Waals surface area (Å²) in [4.78, 5) is 2.78. The van der Waals surface area contributed by atoms with Crippen molar-refractivity contribution in [3.63, 3.8) is 0 Å². The van der Waals surface area contributed by atoms with Crippen LogP contribution in [0.1, 0.15) is 57.6 Å². The van der Waals surface area contributed by atoms with E-state index >= 15 is 0 Å². The lowest BCUT2D eigenvalue weighted by Crippen LogP contribution is -2.56. The third-order valence-electron chi connectivity index (χ3n) is 5.30. The van der Waals surface area contributed by atoms with Gasteiger partial charge in [0.15, 0.2) is 0 Å². The van der Waals surface area contributed by atoms with Crippen molar-refractivity contribution in [1.82, 2.24) is 10.2 Å². The van der Waals surface area contributed by atoms with Crippen molar-refractivity contribution in [3.05, 3.63) is 34.9 Å². The lowest BCUT2D eigenvalue weighted by atomic mass is 9.80. The number of hydrogen-bond donors (Lipinski definition) is 1. The molecule has 3 heteroatoms. The molecule has 0 aromatic heterocycles. The highest BCUT2D eigenvalue weighted by atomic mass is 35.5. The molecule has 3 atom stereocenters. The fraction of sp³-hybridized carbons (Fsp3) is 0.667. The van der Waals surface area contributed by atoms with Crippen LogP contribution in [0.25, 0.3) is 0 Å². The molecule has 1 aromatic rings. The van der Waals surface area contributed by atoms with Gasteiger partial charge in [-0.3, -0.25) is 4.90 Å². The van der Waals surface area contributed by atoms with Crippen LogP contribution < -0.4 is 5.32 Å². The number of halogens is 1. The molecule has 2 fully saturated rings. The van der Waals surface area contributed by atoms with Gasteiger partial charge in [0, 0.05) is 29.2 Å². The summed E-state index contributed by atoms with van der Waals surface area (Å²) in [7, 11) is 0. The first-order valence-electron chi connectivity index (χ1n) is 8.45. The summed E-state index contributed by atoms with van der Waals surface area (Å²) in [6.45, 7) is 5.66. The molecule has 2 saturated heterocycles. The zero-order valence-corrected chi connectivity index (χ0v) is 13.9. The zero-order valence-electron chi connectivity index (χ0n) is 13.2. The molecule has 2 bridgehead atoms. The van der Waals surface area contributed by atoms with Crippen LogP contribution in [0.3, 0.4) is 0 Å². The Kier molecular flexibility index (Phi) is 4.88. The smallest absolute Gasteiger partial charge is 0.0409 e. The summed E-state index contributed by atoms with van der Waals surface area (Å²) >= 11 is 6.18. The minimum atomic E-state index is 0.474. The first-order chi connectivity index (χ1) is 10.2. The minimum absolute atomic E-state index is 0.474. The van der Waals surface area contributed by atoms with Crippen molar-refractivity contribution in [3.8, 4) is 0 Å². The fourth-order valence-electron chi connectivity index (χ4n) is 4.44.